The lowest BCUT2D eigenvalue weighted by Crippen LogP contribution is -2.47. The maximum absolute atomic E-state index is 12.9. The molecule has 0 radical (unpaired) electrons. The van der Waals surface area contributed by atoms with Crippen molar-refractivity contribution in [3.8, 4) is 0 Å². The average Bonchev–Trinajstić information content (AvgIpc) is 2.91. The monoisotopic (exact) mass is 365 g/mol. The van der Waals surface area contributed by atoms with Crippen LogP contribution in [0.3, 0.4) is 0 Å². The van der Waals surface area contributed by atoms with Gasteiger partial charge in [-0.05, 0) is 38.1 Å². The molecule has 0 spiro atoms. The number of carbonyl (C=O) groups is 1. The number of rotatable bonds is 3. The van der Waals surface area contributed by atoms with Gasteiger partial charge in [0.15, 0.2) is 0 Å². The van der Waals surface area contributed by atoms with Crippen LogP contribution in [0.1, 0.15) is 36.0 Å². The van der Waals surface area contributed by atoms with E-state index in [1.807, 2.05) is 11.9 Å². The van der Waals surface area contributed by atoms with Gasteiger partial charge in [-0.15, -0.1) is 0 Å². The number of likely N-dealkylation sites (N-methyl/N-ethyl adjacent to an activating group) is 1. The van der Waals surface area contributed by atoms with E-state index in [1.165, 1.54) is 4.31 Å². The van der Waals surface area contributed by atoms with Crippen LogP contribution in [0, 0.1) is 0 Å². The van der Waals surface area contributed by atoms with E-state index in [2.05, 4.69) is 4.90 Å². The third-order valence-corrected chi connectivity index (χ3v) is 6.97. The highest BCUT2D eigenvalue weighted by atomic mass is 32.2. The molecule has 2 aliphatic heterocycles. The Morgan fingerprint density at radius 3 is 2.20 bits per heavy atom. The SMILES string of the molecule is CN1CCN(S(=O)(=O)c2cccc(C(=O)N3CCCCCC3)c2)CC1. The van der Waals surface area contributed by atoms with Crippen LogP contribution in [0.4, 0.5) is 0 Å². The molecule has 6 nitrogen and oxygen atoms in total. The fraction of sp³-hybridized carbons (Fsp3) is 0.611. The lowest BCUT2D eigenvalue weighted by molar-refractivity contribution is 0.0761. The van der Waals surface area contributed by atoms with Crippen molar-refractivity contribution in [1.82, 2.24) is 14.1 Å². The van der Waals surface area contributed by atoms with Gasteiger partial charge in [0, 0.05) is 44.8 Å². The van der Waals surface area contributed by atoms with Gasteiger partial charge < -0.3 is 9.80 Å². The minimum absolute atomic E-state index is 0.0580. The Hall–Kier alpha value is -1.44. The van der Waals surface area contributed by atoms with Crippen molar-refractivity contribution in [2.75, 3.05) is 46.3 Å². The molecule has 1 aromatic carbocycles. The molecule has 1 amide bonds. The summed E-state index contributed by atoms with van der Waals surface area (Å²) in [5.41, 5.74) is 0.470. The van der Waals surface area contributed by atoms with E-state index in [-0.39, 0.29) is 10.8 Å². The summed E-state index contributed by atoms with van der Waals surface area (Å²) >= 11 is 0. The normalized spacial score (nSPS) is 21.1. The number of hydrogen-bond donors (Lipinski definition) is 0. The first kappa shape index (κ1) is 18.4. The van der Waals surface area contributed by atoms with E-state index < -0.39 is 10.0 Å². The molecular weight excluding hydrogens is 338 g/mol. The summed E-state index contributed by atoms with van der Waals surface area (Å²) in [7, 11) is -1.55. The van der Waals surface area contributed by atoms with Gasteiger partial charge in [-0.3, -0.25) is 4.79 Å². The van der Waals surface area contributed by atoms with Crippen molar-refractivity contribution < 1.29 is 13.2 Å². The molecule has 2 heterocycles. The van der Waals surface area contributed by atoms with Crippen molar-refractivity contribution in [3.05, 3.63) is 29.8 Å². The Kier molecular flexibility index (Phi) is 5.76. The van der Waals surface area contributed by atoms with E-state index in [4.69, 9.17) is 0 Å². The van der Waals surface area contributed by atoms with Crippen LogP contribution >= 0.6 is 0 Å². The summed E-state index contributed by atoms with van der Waals surface area (Å²) in [6.07, 6.45) is 4.35. The summed E-state index contributed by atoms with van der Waals surface area (Å²) in [6, 6.07) is 6.53. The fourth-order valence-corrected chi connectivity index (χ4v) is 4.89. The second kappa shape index (κ2) is 7.85. The zero-order valence-electron chi connectivity index (χ0n) is 14.9. The van der Waals surface area contributed by atoms with E-state index in [1.54, 1.807) is 24.3 Å². The zero-order valence-corrected chi connectivity index (χ0v) is 15.7. The van der Waals surface area contributed by atoms with Gasteiger partial charge in [-0.2, -0.15) is 4.31 Å². The molecule has 138 valence electrons. The lowest BCUT2D eigenvalue weighted by Gasteiger charge is -2.31. The van der Waals surface area contributed by atoms with Gasteiger partial charge in [-0.1, -0.05) is 18.9 Å². The summed E-state index contributed by atoms with van der Waals surface area (Å²) in [5, 5.41) is 0. The van der Waals surface area contributed by atoms with Crippen LogP contribution in [0.5, 0.6) is 0 Å². The van der Waals surface area contributed by atoms with Crippen molar-refractivity contribution in [1.29, 1.82) is 0 Å². The fourth-order valence-electron chi connectivity index (χ4n) is 3.42. The van der Waals surface area contributed by atoms with Crippen LogP contribution in [0.2, 0.25) is 0 Å². The van der Waals surface area contributed by atoms with Crippen LogP contribution in [0.15, 0.2) is 29.2 Å². The molecule has 7 heteroatoms. The Morgan fingerprint density at radius 1 is 0.920 bits per heavy atom. The summed E-state index contributed by atoms with van der Waals surface area (Å²) in [5.74, 6) is -0.0580. The number of piperazine rings is 1. The Balaban J connectivity index is 1.79. The minimum Gasteiger partial charge on any atom is -0.339 e. The van der Waals surface area contributed by atoms with Crippen LogP contribution in [0.25, 0.3) is 0 Å². The third-order valence-electron chi connectivity index (χ3n) is 5.07. The van der Waals surface area contributed by atoms with E-state index >= 15 is 0 Å². The summed E-state index contributed by atoms with van der Waals surface area (Å²) in [4.78, 5) is 17.0. The minimum atomic E-state index is -3.54. The summed E-state index contributed by atoms with van der Waals surface area (Å²) < 4.78 is 27.3. The van der Waals surface area contributed by atoms with Crippen molar-refractivity contribution >= 4 is 15.9 Å². The third kappa shape index (κ3) is 4.22. The molecular formula is C18H27N3O3S. The van der Waals surface area contributed by atoms with Gasteiger partial charge >= 0.3 is 0 Å². The molecule has 0 saturated carbocycles. The number of amides is 1. The number of nitrogens with zero attached hydrogens (tertiary/aromatic N) is 3. The molecule has 0 bridgehead atoms. The first-order valence-corrected chi connectivity index (χ1v) is 10.5. The van der Waals surface area contributed by atoms with Gasteiger partial charge in [-0.25, -0.2) is 8.42 Å². The predicted octanol–water partition coefficient (Wildman–Crippen LogP) is 1.64. The molecule has 1 aromatic rings. The average molecular weight is 365 g/mol. The topological polar surface area (TPSA) is 60.9 Å². The van der Waals surface area contributed by atoms with E-state index in [0.29, 0.717) is 18.7 Å². The number of sulfonamides is 1. The zero-order chi connectivity index (χ0) is 17.9. The highest BCUT2D eigenvalue weighted by Gasteiger charge is 2.28. The first-order chi connectivity index (χ1) is 12.0. The highest BCUT2D eigenvalue weighted by molar-refractivity contribution is 7.89. The van der Waals surface area contributed by atoms with Crippen LogP contribution < -0.4 is 0 Å². The van der Waals surface area contributed by atoms with Crippen LogP contribution in [-0.4, -0.2) is 74.7 Å². The molecule has 3 rings (SSSR count). The quantitative estimate of drug-likeness (QED) is 0.817. The standard InChI is InChI=1S/C18H27N3O3S/c1-19-11-13-21(14-12-19)25(23,24)17-8-6-7-16(15-17)18(22)20-9-4-2-3-5-10-20/h6-8,15H,2-5,9-14H2,1H3. The van der Waals surface area contributed by atoms with Crippen LogP contribution in [-0.2, 0) is 10.0 Å². The molecule has 0 aromatic heterocycles. The lowest BCUT2D eigenvalue weighted by atomic mass is 10.2. The van der Waals surface area contributed by atoms with Gasteiger partial charge in [0.05, 0.1) is 4.90 Å². The van der Waals surface area contributed by atoms with Gasteiger partial charge in [0.25, 0.3) is 5.91 Å². The Bertz CT molecular complexity index is 704. The Labute approximate surface area is 150 Å². The van der Waals surface area contributed by atoms with Crippen molar-refractivity contribution in [2.45, 2.75) is 30.6 Å². The largest absolute Gasteiger partial charge is 0.339 e. The van der Waals surface area contributed by atoms with E-state index in [0.717, 1.165) is 51.9 Å². The van der Waals surface area contributed by atoms with Crippen molar-refractivity contribution in [2.24, 2.45) is 0 Å². The smallest absolute Gasteiger partial charge is 0.253 e. The van der Waals surface area contributed by atoms with Crippen molar-refractivity contribution in [3.63, 3.8) is 0 Å². The molecule has 0 unspecified atom stereocenters. The first-order valence-electron chi connectivity index (χ1n) is 9.06. The molecule has 2 saturated heterocycles. The Morgan fingerprint density at radius 2 is 1.56 bits per heavy atom. The number of benzene rings is 1. The molecule has 0 N–H and O–H groups in total. The maximum Gasteiger partial charge on any atom is 0.253 e. The molecule has 0 aliphatic carbocycles. The van der Waals surface area contributed by atoms with Gasteiger partial charge in [0.1, 0.15) is 0 Å². The second-order valence-corrected chi connectivity index (χ2v) is 8.88. The summed E-state index contributed by atoms with van der Waals surface area (Å²) in [6.45, 7) is 3.95. The van der Waals surface area contributed by atoms with Gasteiger partial charge in [0.2, 0.25) is 10.0 Å². The van der Waals surface area contributed by atoms with E-state index in [9.17, 15) is 13.2 Å². The number of likely N-dealkylation sites (tertiary alicyclic amines) is 1. The highest BCUT2D eigenvalue weighted by Crippen LogP contribution is 2.20. The second-order valence-electron chi connectivity index (χ2n) is 6.94. The number of carbonyl (C=O) groups excluding carboxylic acids is 1. The number of hydrogen-bond acceptors (Lipinski definition) is 4. The predicted molar refractivity (Wildman–Crippen MR) is 97.1 cm³/mol. The molecule has 25 heavy (non-hydrogen) atoms. The molecule has 0 atom stereocenters. The maximum atomic E-state index is 12.9. The molecule has 2 aliphatic rings. The molecule has 2 fully saturated rings.